The fourth-order valence-electron chi connectivity index (χ4n) is 2.51. The summed E-state index contributed by atoms with van der Waals surface area (Å²) in [6.07, 6.45) is 0. The molecule has 0 bridgehead atoms. The van der Waals surface area contributed by atoms with E-state index in [4.69, 9.17) is 15.2 Å². The zero-order valence-electron chi connectivity index (χ0n) is 14.2. The first-order chi connectivity index (χ1) is 12.5. The van der Waals surface area contributed by atoms with E-state index in [2.05, 4.69) is 15.2 Å². The number of rotatable bonds is 6. The molecule has 1 atom stereocenters. The monoisotopic (exact) mass is 355 g/mol. The van der Waals surface area contributed by atoms with E-state index in [1.165, 1.54) is 25.3 Å². The first-order valence-electron chi connectivity index (χ1n) is 7.68. The minimum atomic E-state index is -0.559. The molecule has 0 fully saturated rings. The highest BCUT2D eigenvalue weighted by molar-refractivity contribution is 5.67. The minimum Gasteiger partial charge on any atom is -0.497 e. The molecule has 3 N–H and O–H groups in total. The molecule has 3 rings (SSSR count). The van der Waals surface area contributed by atoms with Gasteiger partial charge >= 0.3 is 0 Å². The molecule has 0 aliphatic rings. The van der Waals surface area contributed by atoms with Gasteiger partial charge in [0.1, 0.15) is 17.3 Å². The van der Waals surface area contributed by atoms with Crippen LogP contribution >= 0.6 is 0 Å². The number of hydrogen-bond donors (Lipinski definition) is 2. The van der Waals surface area contributed by atoms with Gasteiger partial charge in [0.2, 0.25) is 0 Å². The lowest BCUT2D eigenvalue weighted by Gasteiger charge is -2.10. The second-order valence-corrected chi connectivity index (χ2v) is 5.44. The number of aromatic amines is 1. The summed E-state index contributed by atoms with van der Waals surface area (Å²) in [5.74, 6) is 1.79. The molecule has 1 heterocycles. The second-order valence-electron chi connectivity index (χ2n) is 5.44. The number of nitrogens with one attached hydrogen (secondary N) is 1. The first kappa shape index (κ1) is 17.4. The van der Waals surface area contributed by atoms with Gasteiger partial charge in [0.15, 0.2) is 5.82 Å². The van der Waals surface area contributed by atoms with Crippen molar-refractivity contribution >= 4 is 5.69 Å². The highest BCUT2D eigenvalue weighted by Crippen LogP contribution is 2.32. The van der Waals surface area contributed by atoms with E-state index < -0.39 is 11.0 Å². The molecule has 2 aromatic carbocycles. The Labute approximate surface area is 148 Å². The molecule has 0 saturated heterocycles. The number of nitrogens with two attached hydrogens (primary N) is 1. The van der Waals surface area contributed by atoms with E-state index in [9.17, 15) is 10.1 Å². The number of nitrogens with zero attached hydrogens (tertiary/aromatic N) is 3. The highest BCUT2D eigenvalue weighted by Gasteiger charge is 2.19. The molecular formula is C17H17N5O4. The number of hydrogen-bond acceptors (Lipinski definition) is 7. The van der Waals surface area contributed by atoms with Crippen molar-refractivity contribution in [2.45, 2.75) is 6.04 Å². The molecule has 26 heavy (non-hydrogen) atoms. The lowest BCUT2D eigenvalue weighted by Crippen LogP contribution is -2.13. The van der Waals surface area contributed by atoms with Gasteiger partial charge in [-0.3, -0.25) is 15.2 Å². The summed E-state index contributed by atoms with van der Waals surface area (Å²) in [4.78, 5) is 14.9. The van der Waals surface area contributed by atoms with Crippen LogP contribution in [0.2, 0.25) is 0 Å². The van der Waals surface area contributed by atoms with E-state index in [0.717, 1.165) is 5.56 Å². The van der Waals surface area contributed by atoms with Crippen LogP contribution in [0.3, 0.4) is 0 Å². The Kier molecular flexibility index (Phi) is 4.81. The van der Waals surface area contributed by atoms with Gasteiger partial charge < -0.3 is 15.2 Å². The average molecular weight is 355 g/mol. The summed E-state index contributed by atoms with van der Waals surface area (Å²) < 4.78 is 10.5. The Hall–Kier alpha value is -3.46. The maximum atomic E-state index is 11.0. The summed E-state index contributed by atoms with van der Waals surface area (Å²) >= 11 is 0. The normalized spacial score (nSPS) is 11.8. The van der Waals surface area contributed by atoms with Crippen molar-refractivity contribution in [2.24, 2.45) is 5.73 Å². The summed E-state index contributed by atoms with van der Waals surface area (Å²) in [5, 5.41) is 17.9. The van der Waals surface area contributed by atoms with Gasteiger partial charge in [0.05, 0.1) is 30.7 Å². The number of nitro benzene ring substituents is 1. The molecule has 3 aromatic rings. The molecule has 134 valence electrons. The van der Waals surface area contributed by atoms with Crippen LogP contribution in [0.4, 0.5) is 5.69 Å². The molecule has 1 aromatic heterocycles. The van der Waals surface area contributed by atoms with Crippen molar-refractivity contribution in [3.05, 3.63) is 64.0 Å². The quantitative estimate of drug-likeness (QED) is 0.513. The molecule has 0 aliphatic carbocycles. The lowest BCUT2D eigenvalue weighted by atomic mass is 10.1. The van der Waals surface area contributed by atoms with Crippen LogP contribution in [0, 0.1) is 10.1 Å². The summed E-state index contributed by atoms with van der Waals surface area (Å²) in [6.45, 7) is 0. The average Bonchev–Trinajstić information content (AvgIpc) is 3.16. The van der Waals surface area contributed by atoms with Gasteiger partial charge in [-0.15, -0.1) is 0 Å². The third kappa shape index (κ3) is 3.33. The van der Waals surface area contributed by atoms with E-state index in [-0.39, 0.29) is 11.5 Å². The molecule has 9 heteroatoms. The zero-order valence-corrected chi connectivity index (χ0v) is 14.2. The smallest absolute Gasteiger partial charge is 0.270 e. The number of benzene rings is 2. The van der Waals surface area contributed by atoms with Crippen molar-refractivity contribution in [1.29, 1.82) is 0 Å². The maximum absolute atomic E-state index is 11.0. The number of non-ortho nitro benzene ring substituents is 1. The van der Waals surface area contributed by atoms with Crippen LogP contribution in [-0.2, 0) is 0 Å². The van der Waals surface area contributed by atoms with Crippen LogP contribution in [0.5, 0.6) is 11.5 Å². The SMILES string of the molecule is COc1cccc([C@@H](N)c2nc(-c3cc([N+](=O)[O-])ccc3OC)n[nH]2)c1. The number of H-pyrrole nitrogens is 1. The minimum absolute atomic E-state index is 0.0794. The van der Waals surface area contributed by atoms with Gasteiger partial charge in [-0.05, 0) is 23.8 Å². The lowest BCUT2D eigenvalue weighted by molar-refractivity contribution is -0.384. The van der Waals surface area contributed by atoms with Gasteiger partial charge in [0, 0.05) is 12.1 Å². The summed E-state index contributed by atoms with van der Waals surface area (Å²) in [5.41, 5.74) is 7.37. The highest BCUT2D eigenvalue weighted by atomic mass is 16.6. The number of nitro groups is 1. The van der Waals surface area contributed by atoms with Crippen LogP contribution < -0.4 is 15.2 Å². The van der Waals surface area contributed by atoms with E-state index in [1.807, 2.05) is 18.2 Å². The van der Waals surface area contributed by atoms with Crippen LogP contribution in [0.15, 0.2) is 42.5 Å². The van der Waals surface area contributed by atoms with Crippen molar-refractivity contribution in [2.75, 3.05) is 14.2 Å². The van der Waals surface area contributed by atoms with Gasteiger partial charge in [0.25, 0.3) is 5.69 Å². The van der Waals surface area contributed by atoms with Crippen LogP contribution in [-0.4, -0.2) is 34.3 Å². The number of methoxy groups -OCH3 is 2. The Bertz CT molecular complexity index is 940. The van der Waals surface area contributed by atoms with Crippen molar-refractivity contribution < 1.29 is 14.4 Å². The number of ether oxygens (including phenoxy) is 2. The van der Waals surface area contributed by atoms with Crippen molar-refractivity contribution in [3.8, 4) is 22.9 Å². The summed E-state index contributed by atoms with van der Waals surface area (Å²) in [6, 6.07) is 11.0. The topological polar surface area (TPSA) is 129 Å². The molecule has 0 unspecified atom stereocenters. The maximum Gasteiger partial charge on any atom is 0.270 e. The fourth-order valence-corrected chi connectivity index (χ4v) is 2.51. The largest absolute Gasteiger partial charge is 0.497 e. The molecule has 0 spiro atoms. The Morgan fingerprint density at radius 1 is 1.19 bits per heavy atom. The van der Waals surface area contributed by atoms with E-state index in [0.29, 0.717) is 22.9 Å². The molecule has 0 saturated carbocycles. The molecule has 0 aliphatic heterocycles. The van der Waals surface area contributed by atoms with Crippen LogP contribution in [0.25, 0.3) is 11.4 Å². The number of aromatic nitrogens is 3. The third-order valence-electron chi connectivity index (χ3n) is 3.88. The van der Waals surface area contributed by atoms with Crippen LogP contribution in [0.1, 0.15) is 17.4 Å². The molecule has 9 nitrogen and oxygen atoms in total. The molecule has 0 radical (unpaired) electrons. The standard InChI is InChI=1S/C17H17N5O4/c1-25-12-5-3-4-10(8-12)15(18)17-19-16(20-21-17)13-9-11(22(23)24)6-7-14(13)26-2/h3-9,15H,18H2,1-2H3,(H,19,20,21)/t15-/m1/s1. The van der Waals surface area contributed by atoms with Gasteiger partial charge in [-0.2, -0.15) is 5.10 Å². The Balaban J connectivity index is 1.97. The third-order valence-corrected chi connectivity index (χ3v) is 3.88. The second kappa shape index (κ2) is 7.19. The van der Waals surface area contributed by atoms with Gasteiger partial charge in [-0.25, -0.2) is 4.98 Å². The van der Waals surface area contributed by atoms with Gasteiger partial charge in [-0.1, -0.05) is 12.1 Å². The fraction of sp³-hybridized carbons (Fsp3) is 0.176. The summed E-state index contributed by atoms with van der Waals surface area (Å²) in [7, 11) is 3.05. The molecular weight excluding hydrogens is 338 g/mol. The predicted octanol–water partition coefficient (Wildman–Crippen LogP) is 2.45. The van der Waals surface area contributed by atoms with Crippen molar-refractivity contribution in [3.63, 3.8) is 0 Å². The Morgan fingerprint density at radius 3 is 2.69 bits per heavy atom. The Morgan fingerprint density at radius 2 is 2.00 bits per heavy atom. The van der Waals surface area contributed by atoms with E-state index in [1.54, 1.807) is 13.2 Å². The van der Waals surface area contributed by atoms with Crippen molar-refractivity contribution in [1.82, 2.24) is 15.2 Å². The molecule has 0 amide bonds. The van der Waals surface area contributed by atoms with E-state index >= 15 is 0 Å². The predicted molar refractivity (Wildman–Crippen MR) is 94.0 cm³/mol. The zero-order chi connectivity index (χ0) is 18.7. The first-order valence-corrected chi connectivity index (χ1v) is 7.68.